The number of halogens is 3. The molecule has 0 saturated heterocycles. The number of aromatic nitrogens is 9. The van der Waals surface area contributed by atoms with Gasteiger partial charge in [-0.05, 0) is 65.7 Å². The molecule has 18 nitrogen and oxygen atoms in total. The van der Waals surface area contributed by atoms with Crippen LogP contribution in [0.15, 0.2) is 58.5 Å². The summed E-state index contributed by atoms with van der Waals surface area (Å²) in [6.07, 6.45) is 10.8. The molecule has 0 saturated carbocycles. The number of hydrogen-bond acceptors (Lipinski definition) is 13. The van der Waals surface area contributed by atoms with Crippen LogP contribution in [0.2, 0.25) is 5.02 Å². The van der Waals surface area contributed by atoms with Crippen LogP contribution in [0, 0.1) is 18.5 Å². The minimum atomic E-state index is -4.11. The zero-order valence-corrected chi connectivity index (χ0v) is 38.2. The van der Waals surface area contributed by atoms with Crippen LogP contribution in [0.5, 0.6) is 0 Å². The van der Waals surface area contributed by atoms with Crippen molar-refractivity contribution < 1.29 is 27.5 Å². The maximum atomic E-state index is 15.7. The fourth-order valence-electron chi connectivity index (χ4n) is 8.19. The molecule has 3 amide bonds. The first-order valence-electron chi connectivity index (χ1n) is 20.6. The number of hydrogen-bond donors (Lipinski definition) is 6. The molecule has 0 spiro atoms. The molecule has 2 aliphatic heterocycles. The van der Waals surface area contributed by atoms with Crippen molar-refractivity contribution in [1.82, 2.24) is 55.3 Å². The zero-order chi connectivity index (χ0) is 46.3. The number of benzene rings is 1. The van der Waals surface area contributed by atoms with Gasteiger partial charge in [0.25, 0.3) is 11.9 Å². The van der Waals surface area contributed by atoms with Crippen molar-refractivity contribution in [3.05, 3.63) is 129 Å². The number of H-pyrrole nitrogens is 2. The van der Waals surface area contributed by atoms with Gasteiger partial charge < -0.3 is 33.5 Å². The molecule has 6 N–H and O–H groups in total. The molecule has 9 rings (SSSR count). The average Bonchev–Trinajstić information content (AvgIpc) is 4.13. The van der Waals surface area contributed by atoms with Gasteiger partial charge in [-0.15, -0.1) is 16.4 Å². The summed E-state index contributed by atoms with van der Waals surface area (Å²) in [6.45, 7) is 0.0145. The fourth-order valence-corrected chi connectivity index (χ4v) is 10.3. The number of rotatable bonds is 15. The molecule has 7 heterocycles. The Bertz CT molecular complexity index is 3190. The minimum absolute atomic E-state index is 0.00604. The molecule has 1 atom stereocenters. The van der Waals surface area contributed by atoms with E-state index in [0.29, 0.717) is 49.2 Å². The Hall–Kier alpha value is -6.76. The van der Waals surface area contributed by atoms with Crippen LogP contribution >= 0.6 is 46.5 Å². The van der Waals surface area contributed by atoms with Gasteiger partial charge in [-0.3, -0.25) is 29.3 Å². The number of thiazole rings is 2. The van der Waals surface area contributed by atoms with E-state index < -0.39 is 24.5 Å². The highest BCUT2D eigenvalue weighted by atomic mass is 35.5. The number of nitrogens with zero attached hydrogens (tertiary/aromatic N) is 8. The highest BCUT2D eigenvalue weighted by Gasteiger charge is 2.52. The number of nitrogens with one attached hydrogen (secondary N) is 6. The first kappa shape index (κ1) is 44.4. The Morgan fingerprint density at radius 3 is 2.61 bits per heavy atom. The summed E-state index contributed by atoms with van der Waals surface area (Å²) in [5, 5.41) is 27.5. The number of allylic oxidation sites excluding steroid dienone is 2. The monoisotopic (exact) mass is 970 g/mol. The number of carbonyl (C=O) groups excluding carboxylic acids is 3. The predicted molar refractivity (Wildman–Crippen MR) is 251 cm³/mol. The molecule has 0 fully saturated rings. The summed E-state index contributed by atoms with van der Waals surface area (Å²) in [4.78, 5) is 64.4. The first-order chi connectivity index (χ1) is 31.7. The number of amides is 3. The smallest absolute Gasteiger partial charge is 0.394 e. The van der Waals surface area contributed by atoms with E-state index in [4.69, 9.17) is 28.8 Å². The van der Waals surface area contributed by atoms with E-state index in [2.05, 4.69) is 51.9 Å². The molecule has 25 heteroatoms. The summed E-state index contributed by atoms with van der Waals surface area (Å²) in [5.41, 5.74) is 5.14. The van der Waals surface area contributed by atoms with Crippen LogP contribution in [0.4, 0.5) is 19.7 Å². The number of aryl methyl sites for hydroxylation is 2. The highest BCUT2D eigenvalue weighted by molar-refractivity contribution is 7.71. The van der Waals surface area contributed by atoms with Crippen molar-refractivity contribution in [2.45, 2.75) is 45.6 Å². The van der Waals surface area contributed by atoms with E-state index in [1.54, 1.807) is 48.9 Å². The third-order valence-corrected chi connectivity index (χ3v) is 13.6. The van der Waals surface area contributed by atoms with Crippen molar-refractivity contribution in [2.75, 3.05) is 30.3 Å². The molecule has 1 aromatic carbocycles. The largest absolute Gasteiger partial charge is 0.737 e. The topological polar surface area (TPSA) is 225 Å². The molecular formula is C41H38BClF2N14O4S3. The van der Waals surface area contributed by atoms with E-state index in [-0.39, 0.29) is 73.5 Å². The van der Waals surface area contributed by atoms with Gasteiger partial charge in [0.1, 0.15) is 21.1 Å². The first-order valence-corrected chi connectivity index (χ1v) is 23.1. The van der Waals surface area contributed by atoms with Crippen molar-refractivity contribution in [2.24, 2.45) is 0 Å². The van der Waals surface area contributed by atoms with Crippen molar-refractivity contribution >= 4 is 106 Å². The third kappa shape index (κ3) is 8.95. The molecule has 5 aromatic heterocycles. The Morgan fingerprint density at radius 2 is 1.82 bits per heavy atom. The third-order valence-electron chi connectivity index (χ3n) is 11.2. The lowest BCUT2D eigenvalue weighted by Gasteiger charge is -2.30. The SMILES string of the molecule is Cc1cc(C)n2c1C=C1C=CC(CCC(=O)NCCNC(=O)CCNc3nc4c(s3)C=Cc3cc(Cl)ccc3C4c3cn(Cc4nc(C(=O)Nc5nn[nH]n5)cs4)c(=O)[nH]c3=S)=[N+]1[B-]2(F)F. The molecule has 1 unspecified atom stereocenters. The van der Waals surface area contributed by atoms with Crippen molar-refractivity contribution in [3.63, 3.8) is 0 Å². The van der Waals surface area contributed by atoms with Gasteiger partial charge in [-0.2, -0.15) is 5.21 Å². The van der Waals surface area contributed by atoms with E-state index in [1.165, 1.54) is 27.2 Å². The van der Waals surface area contributed by atoms with Gasteiger partial charge in [0, 0.05) is 85.0 Å². The highest BCUT2D eigenvalue weighted by Crippen LogP contribution is 2.43. The van der Waals surface area contributed by atoms with Crippen LogP contribution in [0.1, 0.15) is 84.9 Å². The normalized spacial score (nSPS) is 15.3. The van der Waals surface area contributed by atoms with Crippen molar-refractivity contribution in [3.8, 4) is 0 Å². The van der Waals surface area contributed by atoms with Crippen LogP contribution < -0.4 is 27.0 Å². The maximum absolute atomic E-state index is 15.7. The number of carbonyl (C=O) groups is 3. The maximum Gasteiger partial charge on any atom is 0.737 e. The number of tetrazole rings is 1. The Labute approximate surface area is 391 Å². The standard InChI is InChI=1S/C41H38BClF2N14O4S3/c1-21-15-22(2)58-30(21)17-26-6-5-25(59(26)42(58,44)45)7-10-32(60)46-13-14-47-33(61)11-12-48-40-50-36-31(66-40)9-3-23-16-24(43)4-8-27(23)35(36)28-18-57(41(63)52-38(28)64)19-34-49-29(20-65-34)37(62)51-39-53-55-56-54-39/h3-6,8-9,15-18,20,35H,7,10-14,19H2,1-2H3,(H,46,60)(H,47,61)(H,48,50)(H,52,63,64)(H2,51,53,54,55,56,62). The van der Waals surface area contributed by atoms with Gasteiger partial charge in [-0.1, -0.05) is 52.4 Å². The van der Waals surface area contributed by atoms with E-state index in [1.807, 2.05) is 31.2 Å². The van der Waals surface area contributed by atoms with Gasteiger partial charge in [0.05, 0.1) is 23.0 Å². The fraction of sp³-hybridized carbons (Fsp3) is 0.244. The van der Waals surface area contributed by atoms with Crippen molar-refractivity contribution in [1.29, 1.82) is 0 Å². The zero-order valence-electron chi connectivity index (χ0n) is 35.0. The van der Waals surface area contributed by atoms with E-state index in [0.717, 1.165) is 30.5 Å². The lowest BCUT2D eigenvalue weighted by Crippen LogP contribution is -2.50. The lowest BCUT2D eigenvalue weighted by atomic mass is 9.88. The summed E-state index contributed by atoms with van der Waals surface area (Å²) in [7, 11) is 0. The lowest BCUT2D eigenvalue weighted by molar-refractivity contribution is -0.362. The Balaban J connectivity index is 0.807. The predicted octanol–water partition coefficient (Wildman–Crippen LogP) is 5.48. The van der Waals surface area contributed by atoms with E-state index in [9.17, 15) is 19.2 Å². The van der Waals surface area contributed by atoms with Gasteiger partial charge >= 0.3 is 12.7 Å². The van der Waals surface area contributed by atoms with Gasteiger partial charge in [0.15, 0.2) is 10.8 Å². The summed E-state index contributed by atoms with van der Waals surface area (Å²) in [5.74, 6) is -1.64. The second kappa shape index (κ2) is 18.3. The number of fused-ring (bicyclic) bond motifs is 4. The molecule has 338 valence electrons. The minimum Gasteiger partial charge on any atom is -0.394 e. The summed E-state index contributed by atoms with van der Waals surface area (Å²) in [6, 6.07) is 7.27. The van der Waals surface area contributed by atoms with E-state index >= 15 is 8.63 Å². The summed E-state index contributed by atoms with van der Waals surface area (Å²) >= 11 is 14.8. The number of aromatic amines is 2. The summed E-state index contributed by atoms with van der Waals surface area (Å²) < 4.78 is 35.2. The Kier molecular flexibility index (Phi) is 12.3. The Morgan fingerprint density at radius 1 is 1.02 bits per heavy atom. The molecule has 6 aromatic rings. The molecule has 3 aliphatic rings. The van der Waals surface area contributed by atoms with Gasteiger partial charge in [-0.25, -0.2) is 14.8 Å². The van der Waals surface area contributed by atoms with Crippen LogP contribution in [0.3, 0.4) is 0 Å². The van der Waals surface area contributed by atoms with Crippen LogP contribution in [-0.2, 0) is 16.1 Å². The quantitative estimate of drug-likeness (QED) is 0.0429. The molecule has 0 radical (unpaired) electrons. The second-order valence-electron chi connectivity index (χ2n) is 15.5. The molecule has 0 bridgehead atoms. The van der Waals surface area contributed by atoms with Gasteiger partial charge in [0.2, 0.25) is 11.8 Å². The number of anilines is 2. The van der Waals surface area contributed by atoms with Crippen LogP contribution in [-0.4, -0.2) is 99.1 Å². The molecular weight excluding hydrogens is 933 g/mol. The second-order valence-corrected chi connectivity index (χ2v) is 18.4. The van der Waals surface area contributed by atoms with Crippen LogP contribution in [0.25, 0.3) is 18.2 Å². The average molecular weight is 971 g/mol. The molecule has 1 aliphatic carbocycles. The molecule has 66 heavy (non-hydrogen) atoms.